The van der Waals surface area contributed by atoms with E-state index < -0.39 is 0 Å². The summed E-state index contributed by atoms with van der Waals surface area (Å²) in [7, 11) is 0. The van der Waals surface area contributed by atoms with Gasteiger partial charge in [0.2, 0.25) is 5.91 Å². The molecule has 0 aromatic heterocycles. The monoisotopic (exact) mass is 310 g/mol. The van der Waals surface area contributed by atoms with E-state index in [2.05, 4.69) is 60.5 Å². The fourth-order valence-electron chi connectivity index (χ4n) is 3.18. The third kappa shape index (κ3) is 4.04. The lowest BCUT2D eigenvalue weighted by atomic mass is 10.00. The van der Waals surface area contributed by atoms with E-state index in [1.165, 1.54) is 22.4 Å². The highest BCUT2D eigenvalue weighted by molar-refractivity contribution is 5.76. The molecule has 1 aliphatic heterocycles. The van der Waals surface area contributed by atoms with Crippen LogP contribution in [0.25, 0.3) is 0 Å². The molecule has 0 saturated carbocycles. The molecule has 1 aromatic carbocycles. The Morgan fingerprint density at radius 1 is 1.22 bits per heavy atom. The number of nitrogens with one attached hydrogen (secondary N) is 1. The second-order valence-corrected chi connectivity index (χ2v) is 6.92. The molecule has 2 aliphatic rings. The number of benzene rings is 1. The van der Waals surface area contributed by atoms with Crippen molar-refractivity contribution in [1.82, 2.24) is 10.2 Å². The Kier molecular flexibility index (Phi) is 4.85. The molecule has 1 heterocycles. The first-order chi connectivity index (χ1) is 11.1. The molecule has 122 valence electrons. The highest BCUT2D eigenvalue weighted by Crippen LogP contribution is 2.22. The zero-order chi connectivity index (χ0) is 16.2. The van der Waals surface area contributed by atoms with Gasteiger partial charge in [0.05, 0.1) is 0 Å². The average Bonchev–Trinajstić information content (AvgIpc) is 2.65. The zero-order valence-corrected chi connectivity index (χ0v) is 14.1. The second-order valence-electron chi connectivity index (χ2n) is 6.92. The maximum atomic E-state index is 11.8. The predicted octanol–water partition coefficient (Wildman–Crippen LogP) is 3.20. The van der Waals surface area contributed by atoms with Crippen LogP contribution in [0, 0.1) is 5.92 Å². The number of amides is 1. The Hall–Kier alpha value is -2.03. The molecular formula is C20H26N2O. The van der Waals surface area contributed by atoms with Crippen molar-refractivity contribution in [2.24, 2.45) is 5.92 Å². The Morgan fingerprint density at radius 3 is 2.61 bits per heavy atom. The lowest BCUT2D eigenvalue weighted by molar-refractivity contribution is -0.121. The van der Waals surface area contributed by atoms with Gasteiger partial charge < -0.3 is 10.2 Å². The predicted molar refractivity (Wildman–Crippen MR) is 93.9 cm³/mol. The SMILES string of the molecule is CC(C)CC(=O)NCc1ccc2c(c1)CCN(C1=CC=C1)CC2. The van der Waals surface area contributed by atoms with Gasteiger partial charge in [-0.2, -0.15) is 0 Å². The molecule has 0 fully saturated rings. The minimum Gasteiger partial charge on any atom is -0.371 e. The summed E-state index contributed by atoms with van der Waals surface area (Å²) in [5.41, 5.74) is 5.46. The van der Waals surface area contributed by atoms with Crippen molar-refractivity contribution < 1.29 is 4.79 Å². The summed E-state index contributed by atoms with van der Waals surface area (Å²) in [6.07, 6.45) is 9.25. The first-order valence-electron chi connectivity index (χ1n) is 8.62. The fourth-order valence-corrected chi connectivity index (χ4v) is 3.18. The maximum Gasteiger partial charge on any atom is 0.220 e. The van der Waals surface area contributed by atoms with Gasteiger partial charge in [-0.15, -0.1) is 0 Å². The van der Waals surface area contributed by atoms with Crippen molar-refractivity contribution in [3.05, 3.63) is 58.8 Å². The van der Waals surface area contributed by atoms with Gasteiger partial charge in [-0.05, 0) is 47.6 Å². The van der Waals surface area contributed by atoms with Crippen molar-refractivity contribution in [3.8, 4) is 0 Å². The van der Waals surface area contributed by atoms with Gasteiger partial charge in [-0.3, -0.25) is 4.79 Å². The molecule has 1 aliphatic carbocycles. The molecule has 0 spiro atoms. The number of rotatable bonds is 5. The van der Waals surface area contributed by atoms with Crippen molar-refractivity contribution in [3.63, 3.8) is 0 Å². The molecule has 1 N–H and O–H groups in total. The number of hydrogen-bond donors (Lipinski definition) is 1. The number of carbonyl (C=O) groups excluding carboxylic acids is 1. The minimum absolute atomic E-state index is 0.143. The van der Waals surface area contributed by atoms with Crippen LogP contribution < -0.4 is 5.32 Å². The number of nitrogens with zero attached hydrogens (tertiary/aromatic N) is 1. The largest absolute Gasteiger partial charge is 0.371 e. The van der Waals surface area contributed by atoms with Gasteiger partial charge in [0.15, 0.2) is 0 Å². The van der Waals surface area contributed by atoms with Crippen LogP contribution in [0.3, 0.4) is 0 Å². The van der Waals surface area contributed by atoms with Crippen LogP contribution in [0.1, 0.15) is 37.0 Å². The summed E-state index contributed by atoms with van der Waals surface area (Å²) in [5.74, 6) is 0.549. The van der Waals surface area contributed by atoms with E-state index in [0.717, 1.165) is 25.9 Å². The van der Waals surface area contributed by atoms with E-state index in [-0.39, 0.29) is 5.91 Å². The number of fused-ring (bicyclic) bond motifs is 1. The minimum atomic E-state index is 0.143. The molecule has 3 heteroatoms. The molecular weight excluding hydrogens is 284 g/mol. The highest BCUT2D eigenvalue weighted by Gasteiger charge is 2.16. The Labute approximate surface area is 139 Å². The van der Waals surface area contributed by atoms with Crippen LogP contribution in [0.2, 0.25) is 0 Å². The first-order valence-corrected chi connectivity index (χ1v) is 8.62. The summed E-state index contributed by atoms with van der Waals surface area (Å²) in [6, 6.07) is 6.68. The van der Waals surface area contributed by atoms with Crippen LogP contribution in [0.15, 0.2) is 42.1 Å². The van der Waals surface area contributed by atoms with Crippen LogP contribution in [-0.4, -0.2) is 23.9 Å². The Morgan fingerprint density at radius 2 is 1.96 bits per heavy atom. The van der Waals surface area contributed by atoms with Gasteiger partial charge in [0, 0.05) is 31.8 Å². The number of carbonyl (C=O) groups is 1. The van der Waals surface area contributed by atoms with Gasteiger partial charge in [0.1, 0.15) is 0 Å². The molecule has 0 radical (unpaired) electrons. The van der Waals surface area contributed by atoms with Gasteiger partial charge in [-0.1, -0.05) is 38.1 Å². The standard InChI is InChI=1S/C20H26N2O/c1-15(2)12-20(23)21-14-16-6-7-17-8-10-22(19-4-3-5-19)11-9-18(17)13-16/h3-7,13,15H,8-12,14H2,1-2H3,(H,21,23). The maximum absolute atomic E-state index is 11.8. The van der Waals surface area contributed by atoms with Crippen LogP contribution in [0.4, 0.5) is 0 Å². The third-order valence-corrected chi connectivity index (χ3v) is 4.56. The quantitative estimate of drug-likeness (QED) is 0.906. The summed E-state index contributed by atoms with van der Waals surface area (Å²) >= 11 is 0. The Balaban J connectivity index is 1.59. The van der Waals surface area contributed by atoms with Gasteiger partial charge in [0.25, 0.3) is 0 Å². The smallest absolute Gasteiger partial charge is 0.220 e. The number of hydrogen-bond acceptors (Lipinski definition) is 2. The van der Waals surface area contributed by atoms with E-state index in [1.807, 2.05) is 0 Å². The van der Waals surface area contributed by atoms with Gasteiger partial charge >= 0.3 is 0 Å². The van der Waals surface area contributed by atoms with E-state index >= 15 is 0 Å². The summed E-state index contributed by atoms with van der Waals surface area (Å²) in [4.78, 5) is 14.3. The molecule has 23 heavy (non-hydrogen) atoms. The molecule has 0 atom stereocenters. The Bertz CT molecular complexity index is 643. The normalized spacial score (nSPS) is 16.5. The van der Waals surface area contributed by atoms with Crippen LogP contribution in [0.5, 0.6) is 0 Å². The first kappa shape index (κ1) is 15.9. The lowest BCUT2D eigenvalue weighted by Crippen LogP contribution is -2.26. The fraction of sp³-hybridized carbons (Fsp3) is 0.450. The van der Waals surface area contributed by atoms with Crippen molar-refractivity contribution in [2.75, 3.05) is 13.1 Å². The van der Waals surface area contributed by atoms with Gasteiger partial charge in [-0.25, -0.2) is 0 Å². The average molecular weight is 310 g/mol. The second kappa shape index (κ2) is 7.03. The van der Waals surface area contributed by atoms with Crippen LogP contribution >= 0.6 is 0 Å². The molecule has 1 amide bonds. The topological polar surface area (TPSA) is 32.3 Å². The summed E-state index contributed by atoms with van der Waals surface area (Å²) < 4.78 is 0. The van der Waals surface area contributed by atoms with E-state index in [9.17, 15) is 4.79 Å². The molecule has 0 bridgehead atoms. The highest BCUT2D eigenvalue weighted by atomic mass is 16.1. The number of allylic oxidation sites excluding steroid dienone is 3. The summed E-state index contributed by atoms with van der Waals surface area (Å²) in [6.45, 7) is 6.94. The summed E-state index contributed by atoms with van der Waals surface area (Å²) in [5, 5.41) is 3.03. The lowest BCUT2D eigenvalue weighted by Gasteiger charge is -2.26. The zero-order valence-electron chi connectivity index (χ0n) is 14.1. The van der Waals surface area contributed by atoms with Crippen molar-refractivity contribution in [1.29, 1.82) is 0 Å². The van der Waals surface area contributed by atoms with E-state index in [0.29, 0.717) is 18.9 Å². The molecule has 3 rings (SSSR count). The van der Waals surface area contributed by atoms with Crippen LogP contribution in [-0.2, 0) is 24.2 Å². The van der Waals surface area contributed by atoms with E-state index in [4.69, 9.17) is 0 Å². The molecule has 3 nitrogen and oxygen atoms in total. The van der Waals surface area contributed by atoms with Crippen molar-refractivity contribution in [2.45, 2.75) is 39.7 Å². The van der Waals surface area contributed by atoms with Crippen molar-refractivity contribution >= 4 is 5.91 Å². The molecule has 0 saturated heterocycles. The van der Waals surface area contributed by atoms with E-state index in [1.54, 1.807) is 0 Å². The molecule has 0 unspecified atom stereocenters. The third-order valence-electron chi connectivity index (χ3n) is 4.56. The molecule has 1 aromatic rings.